The fraction of sp³-hybridized carbons (Fsp3) is 0.188. The Balaban J connectivity index is 2.04. The molecule has 3 heteroatoms. The third-order valence-corrected chi connectivity index (χ3v) is 2.63. The number of hydrogen-bond donors (Lipinski definition) is 0. The molecule has 0 fully saturated rings. The van der Waals surface area contributed by atoms with Crippen molar-refractivity contribution in [1.82, 2.24) is 0 Å². The molecule has 0 saturated carbocycles. The van der Waals surface area contributed by atoms with Crippen LogP contribution in [0.3, 0.4) is 0 Å². The first kappa shape index (κ1) is 13.1. The zero-order chi connectivity index (χ0) is 13.5. The van der Waals surface area contributed by atoms with Gasteiger partial charge in [0.05, 0.1) is 19.4 Å². The molecular formula is C16H17NO2. The monoisotopic (exact) mass is 255 g/mol. The number of aliphatic imine (C=N–C) groups is 1. The van der Waals surface area contributed by atoms with Crippen LogP contribution in [0.25, 0.3) is 0 Å². The molecule has 0 aliphatic rings. The van der Waals surface area contributed by atoms with Crippen LogP contribution in [0.5, 0.6) is 11.5 Å². The minimum absolute atomic E-state index is 0.675. The molecule has 0 aliphatic carbocycles. The molecule has 0 aromatic heterocycles. The summed E-state index contributed by atoms with van der Waals surface area (Å²) in [6, 6.07) is 15.5. The van der Waals surface area contributed by atoms with Gasteiger partial charge < -0.3 is 9.47 Å². The van der Waals surface area contributed by atoms with Crippen molar-refractivity contribution in [2.45, 2.75) is 6.92 Å². The van der Waals surface area contributed by atoms with E-state index in [1.54, 1.807) is 7.11 Å². The largest absolute Gasteiger partial charge is 0.497 e. The van der Waals surface area contributed by atoms with Gasteiger partial charge in [0.15, 0.2) is 0 Å². The van der Waals surface area contributed by atoms with Crippen LogP contribution in [0.1, 0.15) is 12.5 Å². The maximum Gasteiger partial charge on any atom is 0.119 e. The molecule has 0 atom stereocenters. The highest BCUT2D eigenvalue weighted by molar-refractivity contribution is 5.82. The van der Waals surface area contributed by atoms with E-state index in [2.05, 4.69) is 4.99 Å². The molecule has 0 amide bonds. The number of rotatable bonds is 5. The van der Waals surface area contributed by atoms with Gasteiger partial charge >= 0.3 is 0 Å². The molecule has 0 bridgehead atoms. The highest BCUT2D eigenvalue weighted by Gasteiger charge is 1.93. The highest BCUT2D eigenvalue weighted by Crippen LogP contribution is 2.18. The lowest BCUT2D eigenvalue weighted by Gasteiger charge is -2.02. The van der Waals surface area contributed by atoms with Crippen LogP contribution in [0, 0.1) is 0 Å². The summed E-state index contributed by atoms with van der Waals surface area (Å²) in [4.78, 5) is 4.41. The Morgan fingerprint density at radius 3 is 2.16 bits per heavy atom. The zero-order valence-electron chi connectivity index (χ0n) is 11.2. The molecule has 0 N–H and O–H groups in total. The van der Waals surface area contributed by atoms with Gasteiger partial charge in [-0.1, -0.05) is 0 Å². The van der Waals surface area contributed by atoms with Crippen LogP contribution < -0.4 is 9.47 Å². The molecule has 2 aromatic rings. The van der Waals surface area contributed by atoms with E-state index >= 15 is 0 Å². The summed E-state index contributed by atoms with van der Waals surface area (Å²) in [6.45, 7) is 2.64. The Morgan fingerprint density at radius 1 is 0.947 bits per heavy atom. The fourth-order valence-electron chi connectivity index (χ4n) is 1.63. The van der Waals surface area contributed by atoms with Crippen molar-refractivity contribution in [2.75, 3.05) is 13.7 Å². The van der Waals surface area contributed by atoms with Gasteiger partial charge in [-0.25, -0.2) is 0 Å². The van der Waals surface area contributed by atoms with E-state index in [-0.39, 0.29) is 0 Å². The van der Waals surface area contributed by atoms with Gasteiger partial charge in [-0.05, 0) is 61.0 Å². The van der Waals surface area contributed by atoms with Gasteiger partial charge in [0.1, 0.15) is 11.5 Å². The Labute approximate surface area is 113 Å². The fourth-order valence-corrected chi connectivity index (χ4v) is 1.63. The van der Waals surface area contributed by atoms with Crippen molar-refractivity contribution in [3.63, 3.8) is 0 Å². The van der Waals surface area contributed by atoms with Crippen molar-refractivity contribution >= 4 is 11.9 Å². The second kappa shape index (κ2) is 6.59. The second-order valence-corrected chi connectivity index (χ2v) is 3.96. The number of hydrogen-bond acceptors (Lipinski definition) is 3. The molecule has 3 nitrogen and oxygen atoms in total. The molecule has 2 rings (SSSR count). The lowest BCUT2D eigenvalue weighted by molar-refractivity contribution is 0.340. The quantitative estimate of drug-likeness (QED) is 0.760. The number of ether oxygens (including phenoxy) is 2. The molecular weight excluding hydrogens is 238 g/mol. The van der Waals surface area contributed by atoms with Crippen molar-refractivity contribution in [2.24, 2.45) is 4.99 Å². The Morgan fingerprint density at radius 2 is 1.58 bits per heavy atom. The number of benzene rings is 2. The average Bonchev–Trinajstić information content (AvgIpc) is 2.47. The van der Waals surface area contributed by atoms with E-state index in [1.165, 1.54) is 0 Å². The first-order valence-electron chi connectivity index (χ1n) is 6.23. The highest BCUT2D eigenvalue weighted by atomic mass is 16.5. The standard InChI is InChI=1S/C16H17NO2/c1-3-19-16-10-6-14(7-11-16)17-12-13-4-8-15(18-2)9-5-13/h4-12H,3H2,1-2H3. The van der Waals surface area contributed by atoms with Gasteiger partial charge in [0.2, 0.25) is 0 Å². The predicted molar refractivity (Wildman–Crippen MR) is 77.9 cm³/mol. The molecule has 0 aliphatic heterocycles. The van der Waals surface area contributed by atoms with E-state index < -0.39 is 0 Å². The third kappa shape index (κ3) is 3.85. The number of nitrogens with zero attached hydrogens (tertiary/aromatic N) is 1. The Kier molecular flexibility index (Phi) is 4.56. The SMILES string of the molecule is CCOc1ccc(N=Cc2ccc(OC)cc2)cc1. The van der Waals surface area contributed by atoms with E-state index in [9.17, 15) is 0 Å². The number of methoxy groups -OCH3 is 1. The molecule has 98 valence electrons. The van der Waals surface area contributed by atoms with Crippen LogP contribution in [-0.2, 0) is 0 Å². The predicted octanol–water partition coefficient (Wildman–Crippen LogP) is 3.84. The van der Waals surface area contributed by atoms with E-state index in [0.717, 1.165) is 22.7 Å². The van der Waals surface area contributed by atoms with Crippen molar-refractivity contribution < 1.29 is 9.47 Å². The van der Waals surface area contributed by atoms with Crippen LogP contribution in [0.4, 0.5) is 5.69 Å². The summed E-state index contributed by atoms with van der Waals surface area (Å²) in [7, 11) is 1.66. The van der Waals surface area contributed by atoms with E-state index in [4.69, 9.17) is 9.47 Å². The van der Waals surface area contributed by atoms with Gasteiger partial charge in [-0.2, -0.15) is 0 Å². The van der Waals surface area contributed by atoms with Crippen LogP contribution in [0.15, 0.2) is 53.5 Å². The first-order valence-corrected chi connectivity index (χ1v) is 6.23. The van der Waals surface area contributed by atoms with Crippen LogP contribution >= 0.6 is 0 Å². The summed E-state index contributed by atoms with van der Waals surface area (Å²) in [6.07, 6.45) is 1.83. The molecule has 0 radical (unpaired) electrons. The Bertz CT molecular complexity index is 530. The van der Waals surface area contributed by atoms with Crippen molar-refractivity contribution in [3.8, 4) is 11.5 Å². The van der Waals surface area contributed by atoms with E-state index in [0.29, 0.717) is 6.61 Å². The summed E-state index contributed by atoms with van der Waals surface area (Å²) >= 11 is 0. The Hall–Kier alpha value is -2.29. The lowest BCUT2D eigenvalue weighted by Crippen LogP contribution is -1.89. The molecule has 2 aromatic carbocycles. The topological polar surface area (TPSA) is 30.8 Å². The third-order valence-electron chi connectivity index (χ3n) is 2.63. The average molecular weight is 255 g/mol. The molecule has 0 unspecified atom stereocenters. The zero-order valence-corrected chi connectivity index (χ0v) is 11.2. The van der Waals surface area contributed by atoms with Crippen LogP contribution in [-0.4, -0.2) is 19.9 Å². The smallest absolute Gasteiger partial charge is 0.119 e. The summed E-state index contributed by atoms with van der Waals surface area (Å²) in [5.41, 5.74) is 1.94. The van der Waals surface area contributed by atoms with Gasteiger partial charge in [0.25, 0.3) is 0 Å². The second-order valence-electron chi connectivity index (χ2n) is 3.96. The molecule has 0 spiro atoms. The lowest BCUT2D eigenvalue weighted by atomic mass is 10.2. The minimum Gasteiger partial charge on any atom is -0.497 e. The maximum absolute atomic E-state index is 5.38. The van der Waals surface area contributed by atoms with Gasteiger partial charge in [-0.3, -0.25) is 4.99 Å². The molecule has 19 heavy (non-hydrogen) atoms. The normalized spacial score (nSPS) is 10.6. The minimum atomic E-state index is 0.675. The van der Waals surface area contributed by atoms with Crippen LogP contribution in [0.2, 0.25) is 0 Å². The van der Waals surface area contributed by atoms with Crippen molar-refractivity contribution in [3.05, 3.63) is 54.1 Å². The maximum atomic E-state index is 5.38. The molecule has 0 saturated heterocycles. The summed E-state index contributed by atoms with van der Waals surface area (Å²) in [5, 5.41) is 0. The summed E-state index contributed by atoms with van der Waals surface area (Å²) < 4.78 is 10.5. The molecule has 0 heterocycles. The van der Waals surface area contributed by atoms with Crippen molar-refractivity contribution in [1.29, 1.82) is 0 Å². The van der Waals surface area contributed by atoms with Gasteiger partial charge in [-0.15, -0.1) is 0 Å². The van der Waals surface area contributed by atoms with E-state index in [1.807, 2.05) is 61.7 Å². The first-order chi connectivity index (χ1) is 9.31. The van der Waals surface area contributed by atoms with Gasteiger partial charge in [0, 0.05) is 6.21 Å². The summed E-state index contributed by atoms with van der Waals surface area (Å²) in [5.74, 6) is 1.71.